The number of carbonyl (C=O) groups excluding carboxylic acids is 1. The zero-order valence-electron chi connectivity index (χ0n) is 10.7. The van der Waals surface area contributed by atoms with E-state index in [0.29, 0.717) is 0 Å². The van der Waals surface area contributed by atoms with Gasteiger partial charge in [0, 0.05) is 23.8 Å². The summed E-state index contributed by atoms with van der Waals surface area (Å²) in [6, 6.07) is 7.18. The normalized spacial score (nSPS) is 12.3. The van der Waals surface area contributed by atoms with Crippen LogP contribution in [0.5, 0.6) is 0 Å². The molecule has 5 heteroatoms. The maximum Gasteiger partial charge on any atom is 0.226 e. The van der Waals surface area contributed by atoms with Crippen LogP contribution in [-0.2, 0) is 4.79 Å². The molecule has 0 radical (unpaired) electrons. The Morgan fingerprint density at radius 3 is 2.28 bits per heavy atom. The minimum atomic E-state index is -0.773. The lowest BCUT2D eigenvalue weighted by Gasteiger charge is -2.11. The Bertz CT molecular complexity index is 376. The summed E-state index contributed by atoms with van der Waals surface area (Å²) in [5.41, 5.74) is 1.56. The molecule has 0 bridgehead atoms. The topological polar surface area (TPSA) is 81.6 Å². The van der Waals surface area contributed by atoms with E-state index in [4.69, 9.17) is 5.11 Å². The SMILES string of the molecule is CC(C)C(=O)Nc1ccc(NCC(O)CO)cc1. The lowest BCUT2D eigenvalue weighted by Crippen LogP contribution is -2.22. The molecule has 0 saturated carbocycles. The Morgan fingerprint density at radius 1 is 1.22 bits per heavy atom. The second-order valence-electron chi connectivity index (χ2n) is 4.44. The fraction of sp³-hybridized carbons (Fsp3) is 0.462. The number of rotatable bonds is 6. The minimum absolute atomic E-state index is 0.0218. The van der Waals surface area contributed by atoms with Crippen molar-refractivity contribution in [1.29, 1.82) is 0 Å². The molecule has 0 heterocycles. The lowest BCUT2D eigenvalue weighted by atomic mass is 10.2. The van der Waals surface area contributed by atoms with E-state index in [-0.39, 0.29) is 25.0 Å². The van der Waals surface area contributed by atoms with Gasteiger partial charge in [0.05, 0.1) is 12.7 Å². The van der Waals surface area contributed by atoms with Crippen molar-refractivity contribution >= 4 is 17.3 Å². The molecule has 0 aliphatic carbocycles. The number of carbonyl (C=O) groups is 1. The number of hydrogen-bond acceptors (Lipinski definition) is 4. The van der Waals surface area contributed by atoms with E-state index in [1.807, 2.05) is 13.8 Å². The third-order valence-electron chi connectivity index (χ3n) is 2.43. The smallest absolute Gasteiger partial charge is 0.226 e. The third kappa shape index (κ3) is 4.73. The molecular weight excluding hydrogens is 232 g/mol. The third-order valence-corrected chi connectivity index (χ3v) is 2.43. The van der Waals surface area contributed by atoms with Gasteiger partial charge in [-0.3, -0.25) is 4.79 Å². The number of aliphatic hydroxyl groups excluding tert-OH is 2. The zero-order valence-corrected chi connectivity index (χ0v) is 10.7. The van der Waals surface area contributed by atoms with E-state index in [2.05, 4.69) is 10.6 Å². The van der Waals surface area contributed by atoms with Gasteiger partial charge in [0.2, 0.25) is 5.91 Å². The average Bonchev–Trinajstić information content (AvgIpc) is 2.37. The summed E-state index contributed by atoms with van der Waals surface area (Å²) in [5, 5.41) is 23.6. The number of aliphatic hydroxyl groups is 2. The van der Waals surface area contributed by atoms with Crippen molar-refractivity contribution in [3.63, 3.8) is 0 Å². The summed E-state index contributed by atoms with van der Waals surface area (Å²) < 4.78 is 0. The molecule has 0 aliphatic rings. The van der Waals surface area contributed by atoms with E-state index in [1.165, 1.54) is 0 Å². The molecule has 0 aliphatic heterocycles. The monoisotopic (exact) mass is 252 g/mol. The highest BCUT2D eigenvalue weighted by Crippen LogP contribution is 2.14. The number of benzene rings is 1. The fourth-order valence-corrected chi connectivity index (χ4v) is 1.26. The molecule has 100 valence electrons. The Labute approximate surface area is 107 Å². The van der Waals surface area contributed by atoms with Gasteiger partial charge >= 0.3 is 0 Å². The number of anilines is 2. The molecule has 1 aromatic carbocycles. The lowest BCUT2D eigenvalue weighted by molar-refractivity contribution is -0.118. The van der Waals surface area contributed by atoms with Crippen molar-refractivity contribution < 1.29 is 15.0 Å². The van der Waals surface area contributed by atoms with Crippen LogP contribution in [0, 0.1) is 5.92 Å². The molecule has 1 unspecified atom stereocenters. The highest BCUT2D eigenvalue weighted by molar-refractivity contribution is 5.92. The van der Waals surface area contributed by atoms with E-state index < -0.39 is 6.10 Å². The fourth-order valence-electron chi connectivity index (χ4n) is 1.26. The predicted molar refractivity (Wildman–Crippen MR) is 71.5 cm³/mol. The Hall–Kier alpha value is -1.59. The van der Waals surface area contributed by atoms with Crippen molar-refractivity contribution in [3.8, 4) is 0 Å². The van der Waals surface area contributed by atoms with Crippen LogP contribution in [0.25, 0.3) is 0 Å². The molecule has 0 spiro atoms. The molecule has 1 rings (SSSR count). The van der Waals surface area contributed by atoms with Crippen LogP contribution < -0.4 is 10.6 Å². The van der Waals surface area contributed by atoms with Gasteiger partial charge in [0.15, 0.2) is 0 Å². The Kier molecular flexibility index (Phi) is 5.61. The van der Waals surface area contributed by atoms with Crippen molar-refractivity contribution in [2.24, 2.45) is 5.92 Å². The molecule has 5 nitrogen and oxygen atoms in total. The second kappa shape index (κ2) is 6.98. The van der Waals surface area contributed by atoms with Gasteiger partial charge in [-0.25, -0.2) is 0 Å². The maximum absolute atomic E-state index is 11.5. The van der Waals surface area contributed by atoms with Crippen LogP contribution in [-0.4, -0.2) is 35.4 Å². The number of nitrogens with one attached hydrogen (secondary N) is 2. The first-order chi connectivity index (χ1) is 8.52. The second-order valence-corrected chi connectivity index (χ2v) is 4.44. The number of amides is 1. The van der Waals surface area contributed by atoms with Crippen LogP contribution in [0.15, 0.2) is 24.3 Å². The summed E-state index contributed by atoms with van der Waals surface area (Å²) in [4.78, 5) is 11.5. The Balaban J connectivity index is 2.50. The minimum Gasteiger partial charge on any atom is -0.394 e. The van der Waals surface area contributed by atoms with Gasteiger partial charge in [-0.15, -0.1) is 0 Å². The summed E-state index contributed by atoms with van der Waals surface area (Å²) in [7, 11) is 0. The molecule has 0 saturated heterocycles. The summed E-state index contributed by atoms with van der Waals surface area (Å²) >= 11 is 0. The molecule has 0 fully saturated rings. The van der Waals surface area contributed by atoms with Crippen LogP contribution in [0.2, 0.25) is 0 Å². The highest BCUT2D eigenvalue weighted by atomic mass is 16.3. The summed E-state index contributed by atoms with van der Waals surface area (Å²) in [6.45, 7) is 3.69. The number of hydrogen-bond donors (Lipinski definition) is 4. The van der Waals surface area contributed by atoms with Crippen LogP contribution in [0.4, 0.5) is 11.4 Å². The van der Waals surface area contributed by atoms with E-state index in [0.717, 1.165) is 11.4 Å². The van der Waals surface area contributed by atoms with Gasteiger partial charge in [-0.1, -0.05) is 13.8 Å². The summed E-state index contributed by atoms with van der Waals surface area (Å²) in [5.74, 6) is -0.0751. The first-order valence-corrected chi connectivity index (χ1v) is 5.96. The molecular formula is C13H20N2O3. The molecule has 18 heavy (non-hydrogen) atoms. The van der Waals surface area contributed by atoms with E-state index in [9.17, 15) is 9.90 Å². The van der Waals surface area contributed by atoms with Crippen molar-refractivity contribution in [1.82, 2.24) is 0 Å². The van der Waals surface area contributed by atoms with Crippen molar-refractivity contribution in [2.45, 2.75) is 20.0 Å². The molecule has 1 amide bonds. The zero-order chi connectivity index (χ0) is 13.5. The average molecular weight is 252 g/mol. The first kappa shape index (κ1) is 14.5. The van der Waals surface area contributed by atoms with E-state index in [1.54, 1.807) is 24.3 Å². The first-order valence-electron chi connectivity index (χ1n) is 5.96. The van der Waals surface area contributed by atoms with Gasteiger partial charge in [0.1, 0.15) is 0 Å². The van der Waals surface area contributed by atoms with Gasteiger partial charge in [0.25, 0.3) is 0 Å². The largest absolute Gasteiger partial charge is 0.394 e. The van der Waals surface area contributed by atoms with Gasteiger partial charge in [-0.05, 0) is 24.3 Å². The van der Waals surface area contributed by atoms with Crippen LogP contribution in [0.1, 0.15) is 13.8 Å². The van der Waals surface area contributed by atoms with Crippen LogP contribution >= 0.6 is 0 Å². The standard InChI is InChI=1S/C13H20N2O3/c1-9(2)13(18)15-11-5-3-10(4-6-11)14-7-12(17)8-16/h3-6,9,12,14,16-17H,7-8H2,1-2H3,(H,15,18). The molecule has 4 N–H and O–H groups in total. The summed E-state index contributed by atoms with van der Waals surface area (Å²) in [6.07, 6.45) is -0.773. The van der Waals surface area contributed by atoms with Crippen molar-refractivity contribution in [3.05, 3.63) is 24.3 Å². The van der Waals surface area contributed by atoms with E-state index >= 15 is 0 Å². The van der Waals surface area contributed by atoms with Gasteiger partial charge < -0.3 is 20.8 Å². The maximum atomic E-state index is 11.5. The molecule has 0 aromatic heterocycles. The molecule has 1 aromatic rings. The quantitative estimate of drug-likeness (QED) is 0.610. The highest BCUT2D eigenvalue weighted by Gasteiger charge is 2.06. The predicted octanol–water partition coefficient (Wildman–Crippen LogP) is 1.05. The van der Waals surface area contributed by atoms with Gasteiger partial charge in [-0.2, -0.15) is 0 Å². The van der Waals surface area contributed by atoms with Crippen LogP contribution in [0.3, 0.4) is 0 Å². The Morgan fingerprint density at radius 2 is 1.78 bits per heavy atom. The molecule has 1 atom stereocenters. The van der Waals surface area contributed by atoms with Crippen molar-refractivity contribution in [2.75, 3.05) is 23.8 Å².